The second-order valence-electron chi connectivity index (χ2n) is 4.62. The predicted molar refractivity (Wildman–Crippen MR) is 79.6 cm³/mol. The molecule has 0 aliphatic carbocycles. The van der Waals surface area contributed by atoms with Gasteiger partial charge in [0.05, 0.1) is 12.4 Å². The van der Waals surface area contributed by atoms with Gasteiger partial charge in [0.15, 0.2) is 9.84 Å². The maximum Gasteiger partial charge on any atom is 0.152 e. The summed E-state index contributed by atoms with van der Waals surface area (Å²) < 4.78 is 28.5. The zero-order valence-electron chi connectivity index (χ0n) is 11.8. The van der Waals surface area contributed by atoms with E-state index in [1.807, 2.05) is 31.2 Å². The number of ether oxygens (including phenoxy) is 1. The van der Waals surface area contributed by atoms with E-state index in [9.17, 15) is 8.42 Å². The fourth-order valence-electron chi connectivity index (χ4n) is 1.69. The van der Waals surface area contributed by atoms with Gasteiger partial charge in [-0.15, -0.1) is 0 Å². The lowest BCUT2D eigenvalue weighted by Gasteiger charge is -2.15. The molecule has 5 heteroatoms. The van der Waals surface area contributed by atoms with E-state index in [4.69, 9.17) is 4.74 Å². The van der Waals surface area contributed by atoms with Crippen LogP contribution in [0.4, 0.5) is 5.69 Å². The van der Waals surface area contributed by atoms with Crippen molar-refractivity contribution in [1.29, 1.82) is 0 Å². The van der Waals surface area contributed by atoms with E-state index in [1.165, 1.54) is 0 Å². The Morgan fingerprint density at radius 3 is 2.37 bits per heavy atom. The SMILES string of the molecule is CCCOc1ccc(NC(C)CS(=O)(=O)CC)cc1. The minimum atomic E-state index is -2.95. The first-order chi connectivity index (χ1) is 8.96. The highest BCUT2D eigenvalue weighted by molar-refractivity contribution is 7.91. The molecule has 4 nitrogen and oxygen atoms in total. The molecule has 0 aliphatic heterocycles. The molecular weight excluding hydrogens is 262 g/mol. The Balaban J connectivity index is 2.53. The van der Waals surface area contributed by atoms with E-state index in [1.54, 1.807) is 6.92 Å². The molecule has 0 heterocycles. The van der Waals surface area contributed by atoms with Crippen LogP contribution in [-0.2, 0) is 9.84 Å². The van der Waals surface area contributed by atoms with E-state index in [0.29, 0.717) is 6.61 Å². The van der Waals surface area contributed by atoms with Gasteiger partial charge in [0.1, 0.15) is 5.75 Å². The topological polar surface area (TPSA) is 55.4 Å². The summed E-state index contributed by atoms with van der Waals surface area (Å²) in [5.41, 5.74) is 0.905. The van der Waals surface area contributed by atoms with Crippen LogP contribution in [0.1, 0.15) is 27.2 Å². The number of benzene rings is 1. The highest BCUT2D eigenvalue weighted by Crippen LogP contribution is 2.16. The maximum absolute atomic E-state index is 11.5. The minimum Gasteiger partial charge on any atom is -0.494 e. The Bertz CT molecular complexity index is 468. The van der Waals surface area contributed by atoms with Gasteiger partial charge in [-0.3, -0.25) is 0 Å². The molecule has 1 aromatic rings. The third-order valence-electron chi connectivity index (χ3n) is 2.68. The van der Waals surface area contributed by atoms with Crippen molar-refractivity contribution < 1.29 is 13.2 Å². The van der Waals surface area contributed by atoms with E-state index in [0.717, 1.165) is 17.9 Å². The van der Waals surface area contributed by atoms with Crippen LogP contribution in [0.2, 0.25) is 0 Å². The van der Waals surface area contributed by atoms with Crippen molar-refractivity contribution in [2.45, 2.75) is 33.2 Å². The summed E-state index contributed by atoms with van der Waals surface area (Å²) >= 11 is 0. The fourth-order valence-corrected chi connectivity index (χ4v) is 2.77. The molecule has 0 amide bonds. The lowest BCUT2D eigenvalue weighted by molar-refractivity contribution is 0.317. The molecule has 19 heavy (non-hydrogen) atoms. The Labute approximate surface area is 116 Å². The molecule has 1 rings (SSSR count). The van der Waals surface area contributed by atoms with Crippen molar-refractivity contribution in [3.8, 4) is 5.75 Å². The van der Waals surface area contributed by atoms with Gasteiger partial charge in [0, 0.05) is 17.5 Å². The summed E-state index contributed by atoms with van der Waals surface area (Å²) in [5, 5.41) is 3.18. The molecule has 0 aliphatic rings. The molecule has 1 N–H and O–H groups in total. The van der Waals surface area contributed by atoms with Crippen LogP contribution in [-0.4, -0.2) is 32.6 Å². The quantitative estimate of drug-likeness (QED) is 0.798. The van der Waals surface area contributed by atoms with Gasteiger partial charge < -0.3 is 10.1 Å². The second kappa shape index (κ2) is 7.38. The van der Waals surface area contributed by atoms with Gasteiger partial charge in [-0.2, -0.15) is 0 Å². The molecule has 0 bridgehead atoms. The second-order valence-corrected chi connectivity index (χ2v) is 7.01. The third-order valence-corrected chi connectivity index (χ3v) is 4.57. The van der Waals surface area contributed by atoms with E-state index in [-0.39, 0.29) is 17.5 Å². The van der Waals surface area contributed by atoms with Crippen molar-refractivity contribution in [2.75, 3.05) is 23.4 Å². The van der Waals surface area contributed by atoms with Crippen LogP contribution in [0.15, 0.2) is 24.3 Å². The van der Waals surface area contributed by atoms with Crippen LogP contribution < -0.4 is 10.1 Å². The zero-order chi connectivity index (χ0) is 14.3. The zero-order valence-corrected chi connectivity index (χ0v) is 12.7. The van der Waals surface area contributed by atoms with Crippen LogP contribution in [0.3, 0.4) is 0 Å². The molecule has 0 aromatic heterocycles. The first kappa shape index (κ1) is 15.8. The molecule has 1 unspecified atom stereocenters. The van der Waals surface area contributed by atoms with Crippen molar-refractivity contribution in [2.24, 2.45) is 0 Å². The Morgan fingerprint density at radius 2 is 1.84 bits per heavy atom. The lowest BCUT2D eigenvalue weighted by Crippen LogP contribution is -2.26. The highest BCUT2D eigenvalue weighted by Gasteiger charge is 2.13. The van der Waals surface area contributed by atoms with Crippen molar-refractivity contribution in [1.82, 2.24) is 0 Å². The molecule has 1 atom stereocenters. The van der Waals surface area contributed by atoms with Crippen molar-refractivity contribution >= 4 is 15.5 Å². The highest BCUT2D eigenvalue weighted by atomic mass is 32.2. The molecule has 0 saturated heterocycles. The number of sulfone groups is 1. The van der Waals surface area contributed by atoms with Crippen molar-refractivity contribution in [3.63, 3.8) is 0 Å². The first-order valence-electron chi connectivity index (χ1n) is 6.66. The standard InChI is InChI=1S/C14H23NO3S/c1-4-10-18-14-8-6-13(7-9-14)15-12(3)11-19(16,17)5-2/h6-9,12,15H,4-5,10-11H2,1-3H3. The van der Waals surface area contributed by atoms with Crippen molar-refractivity contribution in [3.05, 3.63) is 24.3 Å². The largest absolute Gasteiger partial charge is 0.494 e. The smallest absolute Gasteiger partial charge is 0.152 e. The summed E-state index contributed by atoms with van der Waals surface area (Å²) in [4.78, 5) is 0. The van der Waals surface area contributed by atoms with Gasteiger partial charge in [0.25, 0.3) is 0 Å². The molecule has 0 spiro atoms. The average molecular weight is 285 g/mol. The number of anilines is 1. The summed E-state index contributed by atoms with van der Waals surface area (Å²) in [5.74, 6) is 1.17. The molecule has 0 radical (unpaired) electrons. The molecule has 0 saturated carbocycles. The van der Waals surface area contributed by atoms with Gasteiger partial charge >= 0.3 is 0 Å². The minimum absolute atomic E-state index is 0.104. The summed E-state index contributed by atoms with van der Waals surface area (Å²) in [7, 11) is -2.95. The molecule has 1 aromatic carbocycles. The number of hydrogen-bond donors (Lipinski definition) is 1. The molecule has 108 valence electrons. The van der Waals surface area contributed by atoms with Gasteiger partial charge in [-0.1, -0.05) is 13.8 Å². The first-order valence-corrected chi connectivity index (χ1v) is 8.48. The number of hydrogen-bond acceptors (Lipinski definition) is 4. The number of rotatable bonds is 8. The number of nitrogens with one attached hydrogen (secondary N) is 1. The maximum atomic E-state index is 11.5. The molecule has 0 fully saturated rings. The average Bonchev–Trinajstić information content (AvgIpc) is 2.37. The lowest BCUT2D eigenvalue weighted by atomic mass is 10.2. The fraction of sp³-hybridized carbons (Fsp3) is 0.571. The van der Waals surface area contributed by atoms with Crippen LogP contribution in [0.5, 0.6) is 5.75 Å². The Morgan fingerprint density at radius 1 is 1.21 bits per heavy atom. The Hall–Kier alpha value is -1.23. The van der Waals surface area contributed by atoms with Gasteiger partial charge in [-0.05, 0) is 37.6 Å². The van der Waals surface area contributed by atoms with Crippen LogP contribution in [0.25, 0.3) is 0 Å². The van der Waals surface area contributed by atoms with E-state index < -0.39 is 9.84 Å². The summed E-state index contributed by atoms with van der Waals surface area (Å²) in [6.45, 7) is 6.31. The molecular formula is C14H23NO3S. The normalized spacial score (nSPS) is 13.0. The monoisotopic (exact) mass is 285 g/mol. The third kappa shape index (κ3) is 5.96. The van der Waals surface area contributed by atoms with E-state index >= 15 is 0 Å². The Kier molecular flexibility index (Phi) is 6.15. The van der Waals surface area contributed by atoms with E-state index in [2.05, 4.69) is 12.2 Å². The summed E-state index contributed by atoms with van der Waals surface area (Å²) in [6, 6.07) is 7.48. The summed E-state index contributed by atoms with van der Waals surface area (Å²) in [6.07, 6.45) is 0.978. The van der Waals surface area contributed by atoms with Gasteiger partial charge in [0.2, 0.25) is 0 Å². The van der Waals surface area contributed by atoms with Gasteiger partial charge in [-0.25, -0.2) is 8.42 Å². The van der Waals surface area contributed by atoms with Crippen LogP contribution in [0, 0.1) is 0 Å². The predicted octanol–water partition coefficient (Wildman–Crippen LogP) is 2.71. The van der Waals surface area contributed by atoms with Crippen LogP contribution >= 0.6 is 0 Å².